The molecule has 0 aliphatic heterocycles. The van der Waals surface area contributed by atoms with E-state index in [0.29, 0.717) is 30.1 Å². The maximum absolute atomic E-state index is 12.0. The van der Waals surface area contributed by atoms with Gasteiger partial charge in [-0.05, 0) is 73.8 Å². The smallest absolute Gasteiger partial charge is 0.303 e. The van der Waals surface area contributed by atoms with Crippen molar-refractivity contribution in [2.24, 2.45) is 29.1 Å². The molecule has 0 heterocycles. The Bertz CT molecular complexity index is 695. The Balaban J connectivity index is 1.64. The van der Waals surface area contributed by atoms with E-state index in [2.05, 4.69) is 6.92 Å². The Morgan fingerprint density at radius 1 is 1.04 bits per heavy atom. The van der Waals surface area contributed by atoms with Gasteiger partial charge >= 0.3 is 11.9 Å². The predicted molar refractivity (Wildman–Crippen MR) is 98.6 cm³/mol. The highest BCUT2D eigenvalue weighted by molar-refractivity contribution is 5.91. The van der Waals surface area contributed by atoms with Crippen molar-refractivity contribution in [2.45, 2.75) is 77.9 Å². The number of carbonyl (C=O) groups excluding carboxylic acids is 3. The van der Waals surface area contributed by atoms with Gasteiger partial charge in [0.25, 0.3) is 0 Å². The van der Waals surface area contributed by atoms with Crippen LogP contribution in [0.2, 0.25) is 0 Å². The van der Waals surface area contributed by atoms with Crippen molar-refractivity contribution in [1.29, 1.82) is 0 Å². The van der Waals surface area contributed by atoms with Gasteiger partial charge in [0.05, 0.1) is 0 Å². The van der Waals surface area contributed by atoms with Gasteiger partial charge in [-0.3, -0.25) is 14.4 Å². The number of rotatable bonds is 2. The summed E-state index contributed by atoms with van der Waals surface area (Å²) < 4.78 is 11.4. The zero-order valence-electron chi connectivity index (χ0n) is 16.5. The number of hydrogen-bond acceptors (Lipinski definition) is 5. The Labute approximate surface area is 160 Å². The van der Waals surface area contributed by atoms with Crippen LogP contribution in [0.1, 0.15) is 65.7 Å². The van der Waals surface area contributed by atoms with Crippen LogP contribution < -0.4 is 0 Å². The van der Waals surface area contributed by atoms with Gasteiger partial charge < -0.3 is 9.47 Å². The molecular weight excluding hydrogens is 344 g/mol. The second-order valence-electron chi connectivity index (χ2n) is 9.24. The van der Waals surface area contributed by atoms with Gasteiger partial charge in [-0.2, -0.15) is 0 Å². The molecule has 27 heavy (non-hydrogen) atoms. The summed E-state index contributed by atoms with van der Waals surface area (Å²) in [5.74, 6) is 1.53. The third-order valence-electron chi connectivity index (χ3n) is 7.85. The average molecular weight is 374 g/mol. The third kappa shape index (κ3) is 3.13. The first-order valence-electron chi connectivity index (χ1n) is 10.4. The molecule has 0 saturated heterocycles. The van der Waals surface area contributed by atoms with Crippen molar-refractivity contribution in [1.82, 2.24) is 0 Å². The quantitative estimate of drug-likeness (QED) is 0.691. The Morgan fingerprint density at radius 2 is 1.78 bits per heavy atom. The molecule has 4 aliphatic rings. The molecule has 0 aromatic carbocycles. The molecule has 0 spiro atoms. The van der Waals surface area contributed by atoms with Crippen molar-refractivity contribution in [3.63, 3.8) is 0 Å². The van der Waals surface area contributed by atoms with Gasteiger partial charge in [0.2, 0.25) is 0 Å². The highest BCUT2D eigenvalue weighted by Gasteiger charge is 2.59. The van der Waals surface area contributed by atoms with Crippen molar-refractivity contribution in [2.75, 3.05) is 0 Å². The lowest BCUT2D eigenvalue weighted by Gasteiger charge is -2.54. The van der Waals surface area contributed by atoms with Crippen LogP contribution in [-0.4, -0.2) is 29.9 Å². The molecule has 5 heteroatoms. The molecular formula is C22H30O5. The Kier molecular flexibility index (Phi) is 4.68. The summed E-state index contributed by atoms with van der Waals surface area (Å²) in [5.41, 5.74) is 1.07. The van der Waals surface area contributed by atoms with Crippen LogP contribution in [0, 0.1) is 29.1 Å². The molecule has 0 aromatic heterocycles. The number of carbonyl (C=O) groups is 3. The molecule has 7 atom stereocenters. The second kappa shape index (κ2) is 6.75. The third-order valence-corrected chi connectivity index (χ3v) is 7.85. The van der Waals surface area contributed by atoms with Gasteiger partial charge in [-0.1, -0.05) is 6.92 Å². The van der Waals surface area contributed by atoms with Gasteiger partial charge in [-0.15, -0.1) is 0 Å². The number of hydrogen-bond donors (Lipinski definition) is 0. The van der Waals surface area contributed by atoms with Crippen molar-refractivity contribution in [3.05, 3.63) is 11.6 Å². The molecule has 148 valence electrons. The summed E-state index contributed by atoms with van der Waals surface area (Å²) in [4.78, 5) is 35.3. The van der Waals surface area contributed by atoms with Crippen LogP contribution in [0.4, 0.5) is 0 Å². The summed E-state index contributed by atoms with van der Waals surface area (Å²) in [5, 5.41) is 0. The largest absolute Gasteiger partial charge is 0.462 e. The standard InChI is InChI=1S/C22H30O5/c1-12(23)26-20-11-17-16(15-5-4-14(25)10-18(15)20)8-9-22(3)19(17)6-7-21(22)27-13(2)24/h10,15-17,19-21H,4-9,11H2,1-3H3. The Morgan fingerprint density at radius 3 is 2.48 bits per heavy atom. The van der Waals surface area contributed by atoms with Gasteiger partial charge in [-0.25, -0.2) is 0 Å². The maximum Gasteiger partial charge on any atom is 0.303 e. The van der Waals surface area contributed by atoms with Gasteiger partial charge in [0.1, 0.15) is 12.2 Å². The minimum Gasteiger partial charge on any atom is -0.462 e. The summed E-state index contributed by atoms with van der Waals surface area (Å²) in [6.45, 7) is 5.23. The van der Waals surface area contributed by atoms with E-state index in [1.807, 2.05) is 0 Å². The molecule has 4 aliphatic carbocycles. The van der Waals surface area contributed by atoms with E-state index in [1.54, 1.807) is 6.08 Å². The van der Waals surface area contributed by atoms with Crippen LogP contribution in [0.15, 0.2) is 11.6 Å². The molecule has 5 nitrogen and oxygen atoms in total. The normalized spacial score (nSPS) is 43.1. The minimum atomic E-state index is -0.279. The average Bonchev–Trinajstić information content (AvgIpc) is 2.91. The monoisotopic (exact) mass is 374 g/mol. The van der Waals surface area contributed by atoms with Gasteiger partial charge in [0.15, 0.2) is 5.78 Å². The SMILES string of the molecule is CC(=O)OC1CC2C(CCC3(C)C(OC(C)=O)CCC23)C2CCC(=O)C=C12. The second-order valence-corrected chi connectivity index (χ2v) is 9.24. The first-order chi connectivity index (χ1) is 12.8. The number of ketones is 1. The van der Waals surface area contributed by atoms with E-state index in [9.17, 15) is 14.4 Å². The van der Waals surface area contributed by atoms with Crippen molar-refractivity contribution >= 4 is 17.7 Å². The first-order valence-corrected chi connectivity index (χ1v) is 10.4. The number of ether oxygens (including phenoxy) is 2. The predicted octanol–water partition coefficient (Wildman–Crippen LogP) is 3.60. The summed E-state index contributed by atoms with van der Waals surface area (Å²) in [6.07, 6.45) is 7.91. The topological polar surface area (TPSA) is 69.7 Å². The van der Waals surface area contributed by atoms with Crippen LogP contribution >= 0.6 is 0 Å². The first kappa shape index (κ1) is 18.7. The number of esters is 2. The van der Waals surface area contributed by atoms with E-state index >= 15 is 0 Å². The van der Waals surface area contributed by atoms with E-state index in [4.69, 9.17) is 9.47 Å². The highest BCUT2D eigenvalue weighted by Crippen LogP contribution is 2.62. The van der Waals surface area contributed by atoms with E-state index < -0.39 is 0 Å². The fourth-order valence-corrected chi connectivity index (χ4v) is 6.82. The molecule has 0 amide bonds. The van der Waals surface area contributed by atoms with Crippen LogP contribution in [0.25, 0.3) is 0 Å². The molecule has 7 unspecified atom stereocenters. The van der Waals surface area contributed by atoms with E-state index in [0.717, 1.165) is 44.1 Å². The molecule has 0 N–H and O–H groups in total. The zero-order valence-corrected chi connectivity index (χ0v) is 16.5. The molecule has 0 aromatic rings. The number of fused-ring (bicyclic) bond motifs is 5. The van der Waals surface area contributed by atoms with E-state index in [1.165, 1.54) is 13.8 Å². The molecule has 3 fully saturated rings. The lowest BCUT2D eigenvalue weighted by molar-refractivity contribution is -0.159. The molecule has 0 radical (unpaired) electrons. The lowest BCUT2D eigenvalue weighted by atomic mass is 9.51. The lowest BCUT2D eigenvalue weighted by Crippen LogP contribution is -2.51. The van der Waals surface area contributed by atoms with E-state index in [-0.39, 0.29) is 35.3 Å². The summed E-state index contributed by atoms with van der Waals surface area (Å²) in [7, 11) is 0. The maximum atomic E-state index is 12.0. The summed E-state index contributed by atoms with van der Waals surface area (Å²) in [6, 6.07) is 0. The van der Waals surface area contributed by atoms with Gasteiger partial charge in [0, 0.05) is 25.7 Å². The van der Waals surface area contributed by atoms with Crippen molar-refractivity contribution < 1.29 is 23.9 Å². The molecule has 3 saturated carbocycles. The molecule has 4 rings (SSSR count). The fourth-order valence-electron chi connectivity index (χ4n) is 6.82. The summed E-state index contributed by atoms with van der Waals surface area (Å²) >= 11 is 0. The van der Waals surface area contributed by atoms with Crippen molar-refractivity contribution in [3.8, 4) is 0 Å². The highest BCUT2D eigenvalue weighted by atomic mass is 16.5. The fraction of sp³-hybridized carbons (Fsp3) is 0.773. The zero-order chi connectivity index (χ0) is 19.3. The molecule has 0 bridgehead atoms. The minimum absolute atomic E-state index is 0.00185. The van der Waals surface area contributed by atoms with Crippen LogP contribution in [0.3, 0.4) is 0 Å². The van der Waals surface area contributed by atoms with Crippen LogP contribution in [-0.2, 0) is 23.9 Å². The van der Waals surface area contributed by atoms with Crippen LogP contribution in [0.5, 0.6) is 0 Å². The Hall–Kier alpha value is -1.65.